The predicted octanol–water partition coefficient (Wildman–Crippen LogP) is 2.85. The first kappa shape index (κ1) is 12.3. The van der Waals surface area contributed by atoms with Crippen LogP contribution in [-0.2, 0) is 11.2 Å². The second kappa shape index (κ2) is 4.75. The van der Waals surface area contributed by atoms with Crippen LogP contribution < -0.4 is 0 Å². The van der Waals surface area contributed by atoms with Gasteiger partial charge in [0.15, 0.2) is 5.65 Å². The number of thiophene rings is 1. The molecule has 0 bridgehead atoms. The zero-order valence-corrected chi connectivity index (χ0v) is 12.0. The molecule has 0 aromatic carbocycles. The molecule has 0 unspecified atom stereocenters. The first-order valence-corrected chi connectivity index (χ1v) is 7.10. The summed E-state index contributed by atoms with van der Waals surface area (Å²) < 4.78 is 2.59. The number of imidazole rings is 1. The maximum Gasteiger partial charge on any atom is 0.309 e. The van der Waals surface area contributed by atoms with Crippen LogP contribution in [0.5, 0.6) is 0 Å². The maximum atomic E-state index is 10.8. The van der Waals surface area contributed by atoms with Gasteiger partial charge in [0, 0.05) is 9.85 Å². The Balaban J connectivity index is 2.10. The lowest BCUT2D eigenvalue weighted by Gasteiger charge is -2.01. The van der Waals surface area contributed by atoms with E-state index in [1.54, 1.807) is 22.0 Å². The zero-order valence-electron chi connectivity index (χ0n) is 9.58. The monoisotopic (exact) mass is 337 g/mol. The van der Waals surface area contributed by atoms with Crippen LogP contribution in [0.4, 0.5) is 0 Å². The summed E-state index contributed by atoms with van der Waals surface area (Å²) in [6.45, 7) is 0. The van der Waals surface area contributed by atoms with Crippen molar-refractivity contribution in [1.29, 1.82) is 0 Å². The van der Waals surface area contributed by atoms with Gasteiger partial charge in [-0.05, 0) is 34.1 Å². The summed E-state index contributed by atoms with van der Waals surface area (Å²) in [6.07, 6.45) is 1.45. The van der Waals surface area contributed by atoms with E-state index in [1.807, 2.05) is 23.6 Å². The number of halogens is 1. The van der Waals surface area contributed by atoms with Crippen molar-refractivity contribution in [2.24, 2.45) is 0 Å². The standard InChI is InChI=1S/C12H8BrN3O2S/c13-7-3-10(19-6-7)9-1-2-11-14-5-8(4-12(17)18)16(11)15-9/h1-3,5-6H,4H2,(H,17,18). The number of hydrogen-bond donors (Lipinski definition) is 1. The molecule has 19 heavy (non-hydrogen) atoms. The van der Waals surface area contributed by atoms with Gasteiger partial charge in [-0.2, -0.15) is 5.10 Å². The van der Waals surface area contributed by atoms with Crippen LogP contribution in [0.15, 0.2) is 34.2 Å². The normalized spacial score (nSPS) is 11.0. The van der Waals surface area contributed by atoms with Gasteiger partial charge in [-0.1, -0.05) is 0 Å². The van der Waals surface area contributed by atoms with Crippen molar-refractivity contribution in [3.05, 3.63) is 39.9 Å². The summed E-state index contributed by atoms with van der Waals surface area (Å²) in [5, 5.41) is 15.3. The van der Waals surface area contributed by atoms with Gasteiger partial charge in [-0.3, -0.25) is 4.79 Å². The second-order valence-corrected chi connectivity index (χ2v) is 5.76. The Morgan fingerprint density at radius 2 is 2.32 bits per heavy atom. The Hall–Kier alpha value is -1.73. The van der Waals surface area contributed by atoms with Gasteiger partial charge in [0.1, 0.15) is 5.69 Å². The Kier molecular flexibility index (Phi) is 3.08. The van der Waals surface area contributed by atoms with Crippen molar-refractivity contribution in [1.82, 2.24) is 14.6 Å². The van der Waals surface area contributed by atoms with Crippen LogP contribution >= 0.6 is 27.3 Å². The Morgan fingerprint density at radius 1 is 1.47 bits per heavy atom. The van der Waals surface area contributed by atoms with Crippen LogP contribution in [0.1, 0.15) is 5.69 Å². The van der Waals surface area contributed by atoms with Crippen LogP contribution in [0.3, 0.4) is 0 Å². The number of carboxylic acids is 1. The van der Waals surface area contributed by atoms with Crippen LogP contribution in [0.2, 0.25) is 0 Å². The van der Waals surface area contributed by atoms with E-state index in [9.17, 15) is 4.79 Å². The van der Waals surface area contributed by atoms with Gasteiger partial charge in [0.25, 0.3) is 0 Å². The van der Waals surface area contributed by atoms with E-state index < -0.39 is 5.97 Å². The summed E-state index contributed by atoms with van der Waals surface area (Å²) in [5.74, 6) is -0.895. The molecule has 0 saturated carbocycles. The van der Waals surface area contributed by atoms with Crippen molar-refractivity contribution in [3.8, 4) is 10.6 Å². The van der Waals surface area contributed by atoms with E-state index in [-0.39, 0.29) is 6.42 Å². The van der Waals surface area contributed by atoms with Gasteiger partial charge in [0.05, 0.1) is 23.2 Å². The molecule has 1 N–H and O–H groups in total. The summed E-state index contributed by atoms with van der Waals surface area (Å²) in [5.41, 5.74) is 2.02. The average molecular weight is 338 g/mol. The summed E-state index contributed by atoms with van der Waals surface area (Å²) in [7, 11) is 0. The van der Waals surface area contributed by atoms with E-state index in [2.05, 4.69) is 26.0 Å². The van der Waals surface area contributed by atoms with Crippen molar-refractivity contribution in [2.75, 3.05) is 0 Å². The number of aromatic nitrogens is 3. The van der Waals surface area contributed by atoms with Gasteiger partial charge in [0.2, 0.25) is 0 Å². The first-order valence-electron chi connectivity index (χ1n) is 5.43. The third-order valence-electron chi connectivity index (χ3n) is 2.59. The third-order valence-corrected chi connectivity index (χ3v) is 4.30. The Labute approximate surface area is 120 Å². The molecular weight excluding hydrogens is 330 g/mol. The summed E-state index contributed by atoms with van der Waals surface area (Å²) in [6, 6.07) is 5.69. The molecule has 0 spiro atoms. The van der Waals surface area contributed by atoms with E-state index in [0.717, 1.165) is 15.0 Å². The number of rotatable bonds is 3. The lowest BCUT2D eigenvalue weighted by Crippen LogP contribution is -2.05. The quantitative estimate of drug-likeness (QED) is 0.797. The molecule has 0 aliphatic rings. The number of hydrogen-bond acceptors (Lipinski definition) is 4. The SMILES string of the molecule is O=C(O)Cc1cnc2ccc(-c3cc(Br)cs3)nn12. The number of fused-ring (bicyclic) bond motifs is 1. The molecule has 3 heterocycles. The van der Waals surface area contributed by atoms with Crippen LogP contribution in [0.25, 0.3) is 16.2 Å². The first-order chi connectivity index (χ1) is 9.13. The lowest BCUT2D eigenvalue weighted by atomic mass is 10.3. The Morgan fingerprint density at radius 3 is 3.00 bits per heavy atom. The average Bonchev–Trinajstić information content (AvgIpc) is 2.95. The highest BCUT2D eigenvalue weighted by molar-refractivity contribution is 9.10. The van der Waals surface area contributed by atoms with Crippen LogP contribution in [-0.4, -0.2) is 25.7 Å². The van der Waals surface area contributed by atoms with Crippen molar-refractivity contribution < 1.29 is 9.90 Å². The number of carboxylic acid groups (broad SMARTS) is 1. The molecule has 3 aromatic heterocycles. The molecule has 0 fully saturated rings. The summed E-state index contributed by atoms with van der Waals surface area (Å²) in [4.78, 5) is 16.0. The number of aliphatic carboxylic acids is 1. The molecule has 0 aliphatic heterocycles. The highest BCUT2D eigenvalue weighted by atomic mass is 79.9. The molecule has 5 nitrogen and oxygen atoms in total. The molecular formula is C12H8BrN3O2S. The van der Waals surface area contributed by atoms with E-state index in [0.29, 0.717) is 11.3 Å². The minimum atomic E-state index is -0.895. The fourth-order valence-electron chi connectivity index (χ4n) is 1.78. The molecule has 0 atom stereocenters. The van der Waals surface area contributed by atoms with Gasteiger partial charge < -0.3 is 5.11 Å². The fourth-order valence-corrected chi connectivity index (χ4v) is 3.17. The van der Waals surface area contributed by atoms with Crippen molar-refractivity contribution in [3.63, 3.8) is 0 Å². The highest BCUT2D eigenvalue weighted by Gasteiger charge is 2.10. The highest BCUT2D eigenvalue weighted by Crippen LogP contribution is 2.28. The third kappa shape index (κ3) is 2.39. The summed E-state index contributed by atoms with van der Waals surface area (Å²) >= 11 is 4.98. The fraction of sp³-hybridized carbons (Fsp3) is 0.0833. The van der Waals surface area contributed by atoms with E-state index in [1.165, 1.54) is 0 Å². The molecule has 0 amide bonds. The molecule has 7 heteroatoms. The van der Waals surface area contributed by atoms with E-state index in [4.69, 9.17) is 5.11 Å². The Bertz CT molecular complexity index is 765. The van der Waals surface area contributed by atoms with Crippen molar-refractivity contribution >= 4 is 38.9 Å². The second-order valence-electron chi connectivity index (χ2n) is 3.94. The molecule has 3 rings (SSSR count). The zero-order chi connectivity index (χ0) is 13.4. The topological polar surface area (TPSA) is 67.5 Å². The minimum absolute atomic E-state index is 0.0915. The molecule has 0 saturated heterocycles. The number of nitrogens with zero attached hydrogens (tertiary/aromatic N) is 3. The molecule has 0 aliphatic carbocycles. The predicted molar refractivity (Wildman–Crippen MR) is 75.3 cm³/mol. The largest absolute Gasteiger partial charge is 0.481 e. The molecule has 96 valence electrons. The van der Waals surface area contributed by atoms with Gasteiger partial charge in [-0.25, -0.2) is 9.50 Å². The lowest BCUT2D eigenvalue weighted by molar-refractivity contribution is -0.136. The minimum Gasteiger partial charge on any atom is -0.481 e. The van der Waals surface area contributed by atoms with Gasteiger partial charge in [-0.15, -0.1) is 11.3 Å². The number of carbonyl (C=O) groups is 1. The van der Waals surface area contributed by atoms with Crippen LogP contribution in [0, 0.1) is 0 Å². The molecule has 0 radical (unpaired) electrons. The maximum absolute atomic E-state index is 10.8. The van der Waals surface area contributed by atoms with Gasteiger partial charge >= 0.3 is 5.97 Å². The molecule has 3 aromatic rings. The smallest absolute Gasteiger partial charge is 0.309 e. The van der Waals surface area contributed by atoms with Crippen molar-refractivity contribution in [2.45, 2.75) is 6.42 Å². The van der Waals surface area contributed by atoms with E-state index >= 15 is 0 Å².